The molecule has 2 nitrogen and oxygen atoms in total. The zero-order valence-corrected chi connectivity index (χ0v) is 12.9. The van der Waals surface area contributed by atoms with Crippen LogP contribution in [-0.2, 0) is 11.3 Å². The molecular weight excluding hydrogens is 428 g/mol. The van der Waals surface area contributed by atoms with Crippen LogP contribution in [0.15, 0.2) is 24.8 Å². The van der Waals surface area contributed by atoms with E-state index >= 15 is 0 Å². The molecule has 0 aliphatic heterocycles. The van der Waals surface area contributed by atoms with Crippen LogP contribution in [0, 0.1) is 0 Å². The largest absolute Gasteiger partial charge is 0.435 e. The predicted octanol–water partition coefficient (Wildman–Crippen LogP) is 4.95. The van der Waals surface area contributed by atoms with E-state index < -0.39 is 58.7 Å². The minimum Gasteiger partial charge on any atom is -0.333 e. The Morgan fingerprint density at radius 1 is 0.607 bits per heavy atom. The molecule has 0 amide bonds. The standard InChI is InChI=1S/C14H8F12O2/c1-2-6-3-7(9(15,11(17,18)19)13(23,24)27)5-8(4-6)10(16,12(20,21)22)14(25,26)28/h2-5,27-28H,1H2. The van der Waals surface area contributed by atoms with E-state index in [1.54, 1.807) is 0 Å². The van der Waals surface area contributed by atoms with Crippen LogP contribution in [0.1, 0.15) is 16.7 Å². The Morgan fingerprint density at radius 3 is 1.07 bits per heavy atom. The van der Waals surface area contributed by atoms with Crippen molar-refractivity contribution in [3.05, 3.63) is 41.5 Å². The van der Waals surface area contributed by atoms with Crippen molar-refractivity contribution in [2.45, 2.75) is 35.9 Å². The van der Waals surface area contributed by atoms with Gasteiger partial charge < -0.3 is 10.2 Å². The smallest absolute Gasteiger partial charge is 0.333 e. The molecule has 0 saturated carbocycles. The third-order valence-corrected chi connectivity index (χ3v) is 3.60. The summed E-state index contributed by atoms with van der Waals surface area (Å²) in [6.07, 6.45) is -25.7. The fourth-order valence-corrected chi connectivity index (χ4v) is 2.18. The number of hydrogen-bond donors (Lipinski definition) is 2. The van der Waals surface area contributed by atoms with E-state index in [0.29, 0.717) is 6.08 Å². The average Bonchev–Trinajstić information content (AvgIpc) is 2.48. The van der Waals surface area contributed by atoms with Gasteiger partial charge in [-0.3, -0.25) is 0 Å². The van der Waals surface area contributed by atoms with Crippen molar-refractivity contribution < 1.29 is 62.9 Å². The molecule has 0 heterocycles. The summed E-state index contributed by atoms with van der Waals surface area (Å²) in [6.45, 7) is 2.82. The summed E-state index contributed by atoms with van der Waals surface area (Å²) in [7, 11) is 0. The van der Waals surface area contributed by atoms with Gasteiger partial charge in [-0.05, 0) is 23.8 Å². The Kier molecular flexibility index (Phi) is 5.62. The summed E-state index contributed by atoms with van der Waals surface area (Å²) in [5.41, 5.74) is -18.5. The number of halogens is 12. The SMILES string of the molecule is C=Cc1cc(C(F)(C(O)(F)F)C(F)(F)F)cc(C(F)(C(O)(F)F)C(F)(F)F)c1. The molecule has 160 valence electrons. The third-order valence-electron chi connectivity index (χ3n) is 3.60. The number of benzene rings is 1. The number of rotatable bonds is 5. The molecule has 1 aromatic carbocycles. The van der Waals surface area contributed by atoms with Crippen molar-refractivity contribution in [2.75, 3.05) is 0 Å². The molecule has 0 aromatic heterocycles. The molecule has 0 radical (unpaired) electrons. The minimum absolute atomic E-state index is 0.222. The van der Waals surface area contributed by atoms with Crippen molar-refractivity contribution in [1.82, 2.24) is 0 Å². The van der Waals surface area contributed by atoms with Gasteiger partial charge >= 0.3 is 35.9 Å². The van der Waals surface area contributed by atoms with Gasteiger partial charge in [-0.15, -0.1) is 0 Å². The van der Waals surface area contributed by atoms with Crippen LogP contribution in [-0.4, -0.2) is 34.8 Å². The molecule has 14 heteroatoms. The summed E-state index contributed by atoms with van der Waals surface area (Å²) < 4.78 is 158. The highest BCUT2D eigenvalue weighted by molar-refractivity contribution is 5.53. The van der Waals surface area contributed by atoms with Crippen LogP contribution in [0.4, 0.5) is 52.7 Å². The van der Waals surface area contributed by atoms with Gasteiger partial charge in [-0.25, -0.2) is 8.78 Å². The summed E-state index contributed by atoms with van der Waals surface area (Å²) in [5.74, 6) is 0. The predicted molar refractivity (Wildman–Crippen MR) is 68.5 cm³/mol. The van der Waals surface area contributed by atoms with Gasteiger partial charge in [0.05, 0.1) is 0 Å². The molecule has 1 aromatic rings. The quantitative estimate of drug-likeness (QED) is 0.642. The van der Waals surface area contributed by atoms with Crippen LogP contribution < -0.4 is 0 Å². The van der Waals surface area contributed by atoms with Crippen LogP contribution in [0.25, 0.3) is 6.08 Å². The van der Waals surface area contributed by atoms with Gasteiger partial charge in [0, 0.05) is 11.1 Å². The topological polar surface area (TPSA) is 40.5 Å². The summed E-state index contributed by atoms with van der Waals surface area (Å²) >= 11 is 0. The van der Waals surface area contributed by atoms with E-state index in [1.807, 2.05) is 0 Å². The average molecular weight is 436 g/mol. The second-order valence-corrected chi connectivity index (χ2v) is 5.44. The highest BCUT2D eigenvalue weighted by atomic mass is 19.4. The van der Waals surface area contributed by atoms with Crippen LogP contribution >= 0.6 is 0 Å². The Bertz CT molecular complexity index is 654. The van der Waals surface area contributed by atoms with E-state index in [0.717, 1.165) is 0 Å². The first-order valence-electron chi connectivity index (χ1n) is 6.64. The minimum atomic E-state index is -6.69. The van der Waals surface area contributed by atoms with Crippen molar-refractivity contribution in [3.63, 3.8) is 0 Å². The van der Waals surface area contributed by atoms with Gasteiger partial charge in [-0.2, -0.15) is 43.9 Å². The van der Waals surface area contributed by atoms with Gasteiger partial charge in [0.2, 0.25) is 0 Å². The Hall–Kier alpha value is -1.96. The van der Waals surface area contributed by atoms with E-state index in [-0.39, 0.29) is 12.1 Å². The highest BCUT2D eigenvalue weighted by Gasteiger charge is 2.75. The monoisotopic (exact) mass is 436 g/mol. The first-order chi connectivity index (χ1) is 12.1. The first kappa shape index (κ1) is 24.1. The van der Waals surface area contributed by atoms with Crippen molar-refractivity contribution >= 4 is 6.08 Å². The van der Waals surface area contributed by atoms with Gasteiger partial charge in [-0.1, -0.05) is 12.7 Å². The summed E-state index contributed by atoms with van der Waals surface area (Å²) in [6, 6.07) is -1.40. The molecule has 1 rings (SSSR count). The molecule has 0 fully saturated rings. The summed E-state index contributed by atoms with van der Waals surface area (Å²) in [4.78, 5) is 0. The molecule has 0 saturated heterocycles. The third kappa shape index (κ3) is 3.54. The van der Waals surface area contributed by atoms with E-state index in [9.17, 15) is 52.7 Å². The zero-order chi connectivity index (χ0) is 22.6. The fourth-order valence-electron chi connectivity index (χ4n) is 2.18. The second kappa shape index (κ2) is 6.54. The van der Waals surface area contributed by atoms with E-state index in [1.165, 1.54) is 0 Å². The number of aliphatic hydroxyl groups is 2. The number of hydrogen-bond acceptors (Lipinski definition) is 2. The maximum atomic E-state index is 14.2. The first-order valence-corrected chi connectivity index (χ1v) is 6.64. The summed E-state index contributed by atoms with van der Waals surface area (Å²) in [5, 5.41) is 16.7. The molecule has 0 aliphatic carbocycles. The molecule has 28 heavy (non-hydrogen) atoms. The van der Waals surface area contributed by atoms with Gasteiger partial charge in [0.15, 0.2) is 0 Å². The van der Waals surface area contributed by atoms with Crippen molar-refractivity contribution in [1.29, 1.82) is 0 Å². The zero-order valence-electron chi connectivity index (χ0n) is 12.9. The molecule has 0 aliphatic rings. The Balaban J connectivity index is 4.04. The van der Waals surface area contributed by atoms with Crippen LogP contribution in [0.5, 0.6) is 0 Å². The number of alkyl halides is 12. The van der Waals surface area contributed by atoms with Crippen molar-refractivity contribution in [3.8, 4) is 0 Å². The molecule has 2 N–H and O–H groups in total. The van der Waals surface area contributed by atoms with Gasteiger partial charge in [0.1, 0.15) is 0 Å². The van der Waals surface area contributed by atoms with Gasteiger partial charge in [0.25, 0.3) is 0 Å². The lowest BCUT2D eigenvalue weighted by atomic mass is 9.85. The molecule has 2 atom stereocenters. The van der Waals surface area contributed by atoms with E-state index in [4.69, 9.17) is 10.2 Å². The normalized spacial score (nSPS) is 18.4. The maximum absolute atomic E-state index is 14.2. The lowest BCUT2D eigenvalue weighted by Gasteiger charge is -2.35. The Labute approximate surface area is 147 Å². The lowest BCUT2D eigenvalue weighted by Crippen LogP contribution is -2.54. The van der Waals surface area contributed by atoms with Crippen molar-refractivity contribution in [2.24, 2.45) is 0 Å². The molecule has 0 spiro atoms. The molecule has 0 bridgehead atoms. The van der Waals surface area contributed by atoms with Crippen LogP contribution in [0.3, 0.4) is 0 Å². The highest BCUT2D eigenvalue weighted by Crippen LogP contribution is 2.55. The second-order valence-electron chi connectivity index (χ2n) is 5.44. The maximum Gasteiger partial charge on any atom is 0.435 e. The van der Waals surface area contributed by atoms with Crippen LogP contribution in [0.2, 0.25) is 0 Å². The lowest BCUT2D eigenvalue weighted by molar-refractivity contribution is -0.377. The van der Waals surface area contributed by atoms with E-state index in [2.05, 4.69) is 6.58 Å². The molecule has 2 unspecified atom stereocenters. The Morgan fingerprint density at radius 2 is 0.893 bits per heavy atom. The fraction of sp³-hybridized carbons (Fsp3) is 0.429. The molecular formula is C14H8F12O2.